The van der Waals surface area contributed by atoms with Gasteiger partial charge in [-0.25, -0.2) is 4.79 Å². The van der Waals surface area contributed by atoms with Crippen molar-refractivity contribution < 1.29 is 9.90 Å². The molecule has 0 saturated carbocycles. The fourth-order valence-electron chi connectivity index (χ4n) is 2.27. The normalized spacial score (nSPS) is 12.3. The Bertz CT molecular complexity index is 470. The van der Waals surface area contributed by atoms with E-state index < -0.39 is 6.10 Å². The number of nitrogens with zero attached hydrogens (tertiary/aromatic N) is 1. The molecule has 4 heteroatoms. The Hall–Kier alpha value is -1.55. The van der Waals surface area contributed by atoms with E-state index >= 15 is 0 Å². The summed E-state index contributed by atoms with van der Waals surface area (Å²) in [6.45, 7) is 10.1. The predicted molar refractivity (Wildman–Crippen MR) is 87.7 cm³/mol. The summed E-state index contributed by atoms with van der Waals surface area (Å²) in [7, 11) is 0. The van der Waals surface area contributed by atoms with Gasteiger partial charge in [0, 0.05) is 18.3 Å². The monoisotopic (exact) mass is 292 g/mol. The third-order valence-corrected chi connectivity index (χ3v) is 3.55. The molecule has 1 unspecified atom stereocenters. The lowest BCUT2D eigenvalue weighted by molar-refractivity contribution is 0.125. The number of hydrogen-bond acceptors (Lipinski definition) is 2. The quantitative estimate of drug-likeness (QED) is 0.844. The van der Waals surface area contributed by atoms with Gasteiger partial charge in [-0.15, -0.1) is 0 Å². The van der Waals surface area contributed by atoms with Crippen LogP contribution in [0.5, 0.6) is 0 Å². The minimum absolute atomic E-state index is 0.0408. The molecule has 0 aromatic heterocycles. The SMILES string of the molecule is CCc1ccc(CC)c(NC(=O)N(CC(C)O)C(C)C)c1. The van der Waals surface area contributed by atoms with Gasteiger partial charge in [0.15, 0.2) is 0 Å². The molecule has 0 aliphatic rings. The van der Waals surface area contributed by atoms with E-state index in [9.17, 15) is 9.90 Å². The molecule has 0 saturated heterocycles. The predicted octanol–water partition coefficient (Wildman–Crippen LogP) is 3.43. The summed E-state index contributed by atoms with van der Waals surface area (Å²) in [5.41, 5.74) is 3.20. The largest absolute Gasteiger partial charge is 0.392 e. The van der Waals surface area contributed by atoms with E-state index in [1.165, 1.54) is 5.56 Å². The van der Waals surface area contributed by atoms with E-state index in [-0.39, 0.29) is 12.1 Å². The molecule has 21 heavy (non-hydrogen) atoms. The molecular formula is C17H28N2O2. The van der Waals surface area contributed by atoms with E-state index in [2.05, 4.69) is 31.3 Å². The first-order valence-electron chi connectivity index (χ1n) is 7.76. The second-order valence-corrected chi connectivity index (χ2v) is 5.72. The smallest absolute Gasteiger partial charge is 0.322 e. The third kappa shape index (κ3) is 5.05. The topological polar surface area (TPSA) is 52.6 Å². The highest BCUT2D eigenvalue weighted by molar-refractivity contribution is 5.90. The van der Waals surface area contributed by atoms with Gasteiger partial charge in [-0.1, -0.05) is 26.0 Å². The second-order valence-electron chi connectivity index (χ2n) is 5.72. The number of hydrogen-bond donors (Lipinski definition) is 2. The molecule has 1 aromatic carbocycles. The number of benzene rings is 1. The van der Waals surface area contributed by atoms with Gasteiger partial charge < -0.3 is 15.3 Å². The summed E-state index contributed by atoms with van der Waals surface area (Å²) < 4.78 is 0. The molecular weight excluding hydrogens is 264 g/mol. The number of anilines is 1. The van der Waals surface area contributed by atoms with Crippen LogP contribution in [-0.4, -0.2) is 34.7 Å². The number of carbonyl (C=O) groups is 1. The van der Waals surface area contributed by atoms with Gasteiger partial charge in [-0.3, -0.25) is 0 Å². The van der Waals surface area contributed by atoms with Crippen LogP contribution in [0.3, 0.4) is 0 Å². The maximum absolute atomic E-state index is 12.5. The lowest BCUT2D eigenvalue weighted by Crippen LogP contribution is -2.43. The third-order valence-electron chi connectivity index (χ3n) is 3.55. The van der Waals surface area contributed by atoms with Gasteiger partial charge in [0.1, 0.15) is 0 Å². The Morgan fingerprint density at radius 3 is 2.38 bits per heavy atom. The lowest BCUT2D eigenvalue weighted by Gasteiger charge is -2.28. The first-order valence-corrected chi connectivity index (χ1v) is 7.76. The summed E-state index contributed by atoms with van der Waals surface area (Å²) in [5.74, 6) is 0. The van der Waals surface area contributed by atoms with E-state index in [1.54, 1.807) is 11.8 Å². The van der Waals surface area contributed by atoms with Crippen molar-refractivity contribution in [2.45, 2.75) is 59.6 Å². The van der Waals surface area contributed by atoms with E-state index in [4.69, 9.17) is 0 Å². The van der Waals surface area contributed by atoms with E-state index in [0.717, 1.165) is 24.1 Å². The van der Waals surface area contributed by atoms with Gasteiger partial charge >= 0.3 is 6.03 Å². The molecule has 0 bridgehead atoms. The summed E-state index contributed by atoms with van der Waals surface area (Å²) in [6, 6.07) is 6.10. The Labute approximate surface area is 128 Å². The molecule has 0 radical (unpaired) electrons. The number of aliphatic hydroxyl groups is 1. The van der Waals surface area contributed by atoms with Crippen LogP contribution in [0, 0.1) is 0 Å². The van der Waals surface area contributed by atoms with Crippen molar-refractivity contribution >= 4 is 11.7 Å². The van der Waals surface area contributed by atoms with Crippen molar-refractivity contribution in [3.8, 4) is 0 Å². The molecule has 1 rings (SSSR count). The van der Waals surface area contributed by atoms with Crippen LogP contribution in [0.1, 0.15) is 45.7 Å². The fraction of sp³-hybridized carbons (Fsp3) is 0.588. The van der Waals surface area contributed by atoms with Crippen molar-refractivity contribution in [3.05, 3.63) is 29.3 Å². The van der Waals surface area contributed by atoms with Crippen LogP contribution in [0.4, 0.5) is 10.5 Å². The minimum atomic E-state index is -0.536. The second kappa shape index (κ2) is 8.03. The molecule has 0 heterocycles. The molecule has 1 atom stereocenters. The van der Waals surface area contributed by atoms with Crippen molar-refractivity contribution in [2.24, 2.45) is 0 Å². The summed E-state index contributed by atoms with van der Waals surface area (Å²) in [4.78, 5) is 14.1. The lowest BCUT2D eigenvalue weighted by atomic mass is 10.1. The molecule has 2 N–H and O–H groups in total. The van der Waals surface area contributed by atoms with Crippen LogP contribution in [0.2, 0.25) is 0 Å². The van der Waals surface area contributed by atoms with Gasteiger partial charge in [-0.2, -0.15) is 0 Å². The summed E-state index contributed by atoms with van der Waals surface area (Å²) >= 11 is 0. The Morgan fingerprint density at radius 2 is 1.90 bits per heavy atom. The molecule has 0 aliphatic heterocycles. The molecule has 1 aromatic rings. The van der Waals surface area contributed by atoms with Crippen molar-refractivity contribution in [2.75, 3.05) is 11.9 Å². The highest BCUT2D eigenvalue weighted by atomic mass is 16.3. The number of amides is 2. The van der Waals surface area contributed by atoms with Crippen molar-refractivity contribution in [3.63, 3.8) is 0 Å². The van der Waals surface area contributed by atoms with Crippen LogP contribution in [0.15, 0.2) is 18.2 Å². The number of nitrogens with one attached hydrogen (secondary N) is 1. The van der Waals surface area contributed by atoms with Crippen LogP contribution in [0.25, 0.3) is 0 Å². The fourth-order valence-corrected chi connectivity index (χ4v) is 2.27. The van der Waals surface area contributed by atoms with Crippen molar-refractivity contribution in [1.82, 2.24) is 4.90 Å². The van der Waals surface area contributed by atoms with Crippen molar-refractivity contribution in [1.29, 1.82) is 0 Å². The van der Waals surface area contributed by atoms with Crippen LogP contribution in [-0.2, 0) is 12.8 Å². The maximum Gasteiger partial charge on any atom is 0.322 e. The summed E-state index contributed by atoms with van der Waals surface area (Å²) in [6.07, 6.45) is 1.28. The zero-order valence-corrected chi connectivity index (χ0v) is 13.8. The number of aryl methyl sites for hydroxylation is 2. The van der Waals surface area contributed by atoms with Gasteiger partial charge in [0.05, 0.1) is 6.10 Å². The number of aliphatic hydroxyl groups excluding tert-OH is 1. The summed E-state index contributed by atoms with van der Waals surface area (Å²) in [5, 5.41) is 12.5. The zero-order valence-electron chi connectivity index (χ0n) is 13.8. The molecule has 0 spiro atoms. The average molecular weight is 292 g/mol. The molecule has 0 fully saturated rings. The van der Waals surface area contributed by atoms with Gasteiger partial charge in [0.25, 0.3) is 0 Å². The van der Waals surface area contributed by atoms with Gasteiger partial charge in [0.2, 0.25) is 0 Å². The average Bonchev–Trinajstić information content (AvgIpc) is 2.43. The molecule has 4 nitrogen and oxygen atoms in total. The minimum Gasteiger partial charge on any atom is -0.392 e. The Morgan fingerprint density at radius 1 is 1.24 bits per heavy atom. The van der Waals surface area contributed by atoms with E-state index in [0.29, 0.717) is 6.54 Å². The van der Waals surface area contributed by atoms with Gasteiger partial charge in [-0.05, 0) is 50.8 Å². The number of rotatable bonds is 6. The van der Waals surface area contributed by atoms with Crippen LogP contribution < -0.4 is 5.32 Å². The standard InChI is InChI=1S/C17H28N2O2/c1-6-14-8-9-15(7-2)16(10-14)18-17(21)19(12(3)4)11-13(5)20/h8-10,12-13,20H,6-7,11H2,1-5H3,(H,18,21). The number of carbonyl (C=O) groups excluding carboxylic acids is 1. The Balaban J connectivity index is 2.94. The molecule has 118 valence electrons. The van der Waals surface area contributed by atoms with Crippen LogP contribution >= 0.6 is 0 Å². The first kappa shape index (κ1) is 17.5. The highest BCUT2D eigenvalue weighted by Gasteiger charge is 2.19. The maximum atomic E-state index is 12.5. The first-order chi connectivity index (χ1) is 9.88. The molecule has 2 amide bonds. The highest BCUT2D eigenvalue weighted by Crippen LogP contribution is 2.20. The van der Waals surface area contributed by atoms with E-state index in [1.807, 2.05) is 19.9 Å². The number of urea groups is 1. The molecule has 0 aliphatic carbocycles. The zero-order chi connectivity index (χ0) is 16.0. The Kier molecular flexibility index (Phi) is 6.69.